The number of aromatic amines is 1. The fourth-order valence-electron chi connectivity index (χ4n) is 3.56. The number of fused-ring (bicyclic) bond motifs is 3. The Labute approximate surface area is 162 Å². The normalized spacial score (nSPS) is 13.0. The zero-order chi connectivity index (χ0) is 19.1. The predicted octanol–water partition coefficient (Wildman–Crippen LogP) is 5.55. The summed E-state index contributed by atoms with van der Waals surface area (Å²) in [5.74, 6) is 0.760. The number of aryl methyl sites for hydroxylation is 1. The van der Waals surface area contributed by atoms with Crippen LogP contribution in [0.3, 0.4) is 0 Å². The standard InChI is InChI=1S/C24H17NO3/c1-15-12-13-19-18(14-15)20-21(22(26)16-8-4-2-5-9-16)23(27-28-24(20)25-19)17-10-6-3-7-11-17/h2-14,25H,1H3. The van der Waals surface area contributed by atoms with Gasteiger partial charge in [0.1, 0.15) is 0 Å². The molecule has 28 heavy (non-hydrogen) atoms. The maximum atomic E-state index is 13.6. The van der Waals surface area contributed by atoms with Crippen LogP contribution < -0.4 is 4.89 Å². The van der Waals surface area contributed by atoms with Crippen LogP contribution in [0, 0.1) is 6.92 Å². The summed E-state index contributed by atoms with van der Waals surface area (Å²) in [6, 6.07) is 24.8. The van der Waals surface area contributed by atoms with Crippen molar-refractivity contribution in [3.63, 3.8) is 0 Å². The van der Waals surface area contributed by atoms with Crippen LogP contribution in [0.2, 0.25) is 0 Å². The van der Waals surface area contributed by atoms with E-state index in [1.54, 1.807) is 0 Å². The summed E-state index contributed by atoms with van der Waals surface area (Å²) in [6.07, 6.45) is 0. The summed E-state index contributed by atoms with van der Waals surface area (Å²) in [5, 5.41) is 0.936. The molecule has 4 heteroatoms. The first kappa shape index (κ1) is 16.4. The number of H-pyrrole nitrogens is 1. The third-order valence-electron chi connectivity index (χ3n) is 4.90. The topological polar surface area (TPSA) is 51.3 Å². The summed E-state index contributed by atoms with van der Waals surface area (Å²) in [4.78, 5) is 28.0. The average Bonchev–Trinajstić information content (AvgIpc) is 3.11. The molecule has 4 nitrogen and oxygen atoms in total. The Morgan fingerprint density at radius 3 is 2.32 bits per heavy atom. The lowest BCUT2D eigenvalue weighted by Crippen LogP contribution is -2.14. The van der Waals surface area contributed by atoms with Gasteiger partial charge in [-0.1, -0.05) is 72.3 Å². The molecule has 1 N–H and O–H groups in total. The minimum atomic E-state index is -0.105. The second kappa shape index (κ2) is 6.43. The van der Waals surface area contributed by atoms with Crippen LogP contribution in [0.25, 0.3) is 22.2 Å². The Morgan fingerprint density at radius 1 is 0.857 bits per heavy atom. The number of ketones is 1. The molecule has 1 aromatic heterocycles. The molecule has 0 spiro atoms. The van der Waals surface area contributed by atoms with E-state index in [0.717, 1.165) is 27.6 Å². The molecule has 136 valence electrons. The molecule has 5 rings (SSSR count). The van der Waals surface area contributed by atoms with E-state index in [1.165, 1.54) is 0 Å². The van der Waals surface area contributed by atoms with Crippen molar-refractivity contribution in [1.82, 2.24) is 4.98 Å². The molecule has 0 fully saturated rings. The van der Waals surface area contributed by atoms with E-state index in [9.17, 15) is 4.79 Å². The lowest BCUT2D eigenvalue weighted by atomic mass is 9.92. The summed E-state index contributed by atoms with van der Waals surface area (Å²) >= 11 is 0. The number of hydrogen-bond acceptors (Lipinski definition) is 3. The number of nitrogens with one attached hydrogen (secondary N) is 1. The van der Waals surface area contributed by atoms with E-state index in [2.05, 4.69) is 11.1 Å². The van der Waals surface area contributed by atoms with Crippen LogP contribution in [0.5, 0.6) is 5.88 Å². The van der Waals surface area contributed by atoms with Gasteiger partial charge in [-0.2, -0.15) is 0 Å². The van der Waals surface area contributed by atoms with Gasteiger partial charge in [-0.05, 0) is 19.1 Å². The van der Waals surface area contributed by atoms with Gasteiger partial charge in [0, 0.05) is 22.0 Å². The molecule has 0 aliphatic carbocycles. The number of carbonyl (C=O) groups is 1. The van der Waals surface area contributed by atoms with Gasteiger partial charge in [-0.25, -0.2) is 0 Å². The number of aromatic nitrogens is 1. The summed E-state index contributed by atoms with van der Waals surface area (Å²) in [5.41, 5.74) is 4.62. The average molecular weight is 367 g/mol. The first-order valence-electron chi connectivity index (χ1n) is 9.09. The van der Waals surface area contributed by atoms with Gasteiger partial charge in [-0.3, -0.25) is 14.6 Å². The second-order valence-electron chi connectivity index (χ2n) is 6.81. The Bertz CT molecular complexity index is 1220. The molecule has 4 aromatic rings. The van der Waals surface area contributed by atoms with E-state index >= 15 is 0 Å². The minimum absolute atomic E-state index is 0.105. The molecule has 0 saturated carbocycles. The molecular weight excluding hydrogens is 350 g/mol. The Morgan fingerprint density at radius 2 is 1.57 bits per heavy atom. The van der Waals surface area contributed by atoms with Crippen molar-refractivity contribution in [3.05, 3.63) is 101 Å². The Kier molecular flexibility index (Phi) is 3.76. The first-order chi connectivity index (χ1) is 13.7. The smallest absolute Gasteiger partial charge is 0.257 e. The molecule has 0 saturated heterocycles. The van der Waals surface area contributed by atoms with Crippen molar-refractivity contribution in [3.8, 4) is 5.88 Å². The van der Waals surface area contributed by atoms with Gasteiger partial charge in [-0.15, -0.1) is 0 Å². The van der Waals surface area contributed by atoms with Crippen molar-refractivity contribution in [2.75, 3.05) is 0 Å². The highest BCUT2D eigenvalue weighted by molar-refractivity contribution is 6.36. The monoisotopic (exact) mass is 367 g/mol. The van der Waals surface area contributed by atoms with Crippen molar-refractivity contribution in [2.24, 2.45) is 0 Å². The molecule has 2 heterocycles. The quantitative estimate of drug-likeness (QED) is 0.381. The van der Waals surface area contributed by atoms with Gasteiger partial charge < -0.3 is 4.98 Å². The first-order valence-corrected chi connectivity index (χ1v) is 9.09. The molecule has 0 radical (unpaired) electrons. The maximum Gasteiger partial charge on any atom is 0.257 e. The molecule has 0 amide bonds. The zero-order valence-electron chi connectivity index (χ0n) is 15.2. The zero-order valence-corrected chi connectivity index (χ0v) is 15.2. The second-order valence-corrected chi connectivity index (χ2v) is 6.81. The largest absolute Gasteiger partial charge is 0.321 e. The minimum Gasteiger partial charge on any atom is -0.321 e. The fraction of sp³-hybridized carbons (Fsp3) is 0.0417. The summed E-state index contributed by atoms with van der Waals surface area (Å²) < 4.78 is 0. The maximum absolute atomic E-state index is 13.6. The van der Waals surface area contributed by atoms with Gasteiger partial charge in [0.05, 0.1) is 11.1 Å². The van der Waals surface area contributed by atoms with Crippen molar-refractivity contribution in [1.29, 1.82) is 0 Å². The molecule has 0 unspecified atom stereocenters. The molecule has 0 atom stereocenters. The van der Waals surface area contributed by atoms with E-state index in [0.29, 0.717) is 22.8 Å². The van der Waals surface area contributed by atoms with Crippen LogP contribution in [0.15, 0.2) is 78.9 Å². The van der Waals surface area contributed by atoms with Crippen molar-refractivity contribution >= 4 is 28.0 Å². The van der Waals surface area contributed by atoms with Crippen LogP contribution in [0.1, 0.15) is 27.0 Å². The molecule has 1 aliphatic rings. The SMILES string of the molecule is Cc1ccc2[nH]c3c(c2c1)C(C(=O)c1ccccc1)=C(c1ccccc1)OO3. The third-order valence-corrected chi connectivity index (χ3v) is 4.90. The number of benzene rings is 3. The van der Waals surface area contributed by atoms with Crippen LogP contribution in [-0.4, -0.2) is 10.8 Å². The van der Waals surface area contributed by atoms with E-state index in [4.69, 9.17) is 9.78 Å². The lowest BCUT2D eigenvalue weighted by molar-refractivity contribution is -0.138. The third kappa shape index (κ3) is 2.58. The summed E-state index contributed by atoms with van der Waals surface area (Å²) in [7, 11) is 0. The van der Waals surface area contributed by atoms with E-state index in [-0.39, 0.29) is 5.78 Å². The number of carbonyl (C=O) groups excluding carboxylic acids is 1. The summed E-state index contributed by atoms with van der Waals surface area (Å²) in [6.45, 7) is 2.03. The Hall–Kier alpha value is -3.79. The van der Waals surface area contributed by atoms with Crippen molar-refractivity contribution in [2.45, 2.75) is 6.92 Å². The van der Waals surface area contributed by atoms with E-state index in [1.807, 2.05) is 79.7 Å². The molecule has 0 bridgehead atoms. The molecule has 1 aliphatic heterocycles. The highest BCUT2D eigenvalue weighted by Gasteiger charge is 2.33. The Balaban J connectivity index is 1.83. The molecular formula is C24H17NO3. The molecule has 3 aromatic carbocycles. The highest BCUT2D eigenvalue weighted by atomic mass is 17.2. The predicted molar refractivity (Wildman–Crippen MR) is 109 cm³/mol. The number of Topliss-reactive ketones (excluding diaryl/α,β-unsaturated/α-hetero) is 1. The van der Waals surface area contributed by atoms with Gasteiger partial charge in [0.2, 0.25) is 0 Å². The van der Waals surface area contributed by atoms with Crippen LogP contribution in [0.4, 0.5) is 0 Å². The number of allylic oxidation sites excluding steroid dienone is 1. The lowest BCUT2D eigenvalue weighted by Gasteiger charge is -2.20. The van der Waals surface area contributed by atoms with Crippen LogP contribution in [-0.2, 0) is 4.89 Å². The van der Waals surface area contributed by atoms with Crippen molar-refractivity contribution < 1.29 is 14.6 Å². The highest BCUT2D eigenvalue weighted by Crippen LogP contribution is 2.43. The van der Waals surface area contributed by atoms with E-state index < -0.39 is 0 Å². The van der Waals surface area contributed by atoms with Crippen LogP contribution >= 0.6 is 0 Å². The number of hydrogen-bond donors (Lipinski definition) is 1. The number of rotatable bonds is 3. The van der Waals surface area contributed by atoms with Gasteiger partial charge in [0.25, 0.3) is 5.88 Å². The van der Waals surface area contributed by atoms with Gasteiger partial charge in [0.15, 0.2) is 11.5 Å². The van der Waals surface area contributed by atoms with Gasteiger partial charge >= 0.3 is 0 Å². The fourth-order valence-corrected chi connectivity index (χ4v) is 3.56.